The third-order valence-corrected chi connectivity index (χ3v) is 5.94. The predicted molar refractivity (Wildman–Crippen MR) is 138 cm³/mol. The quantitative estimate of drug-likeness (QED) is 0.276. The zero-order valence-corrected chi connectivity index (χ0v) is 17.8. The Kier molecular flexibility index (Phi) is 5.41. The van der Waals surface area contributed by atoms with Gasteiger partial charge in [0.2, 0.25) is 0 Å². The van der Waals surface area contributed by atoms with Crippen molar-refractivity contribution in [2.75, 3.05) is 0 Å². The van der Waals surface area contributed by atoms with E-state index in [1.54, 1.807) is 0 Å². The fraction of sp³-hybridized carbons (Fsp3) is 0.161. The van der Waals surface area contributed by atoms with E-state index >= 15 is 0 Å². The van der Waals surface area contributed by atoms with Gasteiger partial charge >= 0.3 is 0 Å². The highest BCUT2D eigenvalue weighted by molar-refractivity contribution is 5.92. The molecule has 0 nitrogen and oxygen atoms in total. The number of fused-ring (bicyclic) bond motifs is 2. The second-order valence-corrected chi connectivity index (χ2v) is 9.10. The van der Waals surface area contributed by atoms with Crippen molar-refractivity contribution in [3.05, 3.63) is 109 Å². The predicted octanol–water partition coefficient (Wildman–Crippen LogP) is 9.26. The first-order valence-corrected chi connectivity index (χ1v) is 10.6. The van der Waals surface area contributed by atoms with Crippen molar-refractivity contribution < 1.29 is 0 Å². The maximum atomic E-state index is 2.32. The first-order chi connectivity index (χ1) is 14.5. The van der Waals surface area contributed by atoms with E-state index in [2.05, 4.69) is 124 Å². The molecule has 5 rings (SSSR count). The van der Waals surface area contributed by atoms with Crippen molar-refractivity contribution in [3.63, 3.8) is 0 Å². The van der Waals surface area contributed by atoms with Crippen LogP contribution in [0.25, 0.3) is 43.8 Å². The molecular weight excluding hydrogens is 372 g/mol. The van der Waals surface area contributed by atoms with Gasteiger partial charge in [-0.05, 0) is 66.9 Å². The number of hydrogen-bond acceptors (Lipinski definition) is 0. The lowest BCUT2D eigenvalue weighted by Crippen LogP contribution is -2.14. The highest BCUT2D eigenvalue weighted by atomic mass is 14.3. The van der Waals surface area contributed by atoms with Gasteiger partial charge < -0.3 is 0 Å². The summed E-state index contributed by atoms with van der Waals surface area (Å²) in [6.45, 7) is 6.95. The zero-order valence-electron chi connectivity index (χ0n) is 17.8. The Bertz CT molecular complexity index is 1270. The molecule has 0 aliphatic heterocycles. The second kappa shape index (κ2) is 8.04. The molecule has 0 fully saturated rings. The first-order valence-electron chi connectivity index (χ1n) is 10.6. The van der Waals surface area contributed by atoms with Crippen LogP contribution < -0.4 is 0 Å². The van der Waals surface area contributed by atoms with Gasteiger partial charge in [-0.25, -0.2) is 0 Å². The normalized spacial score (nSPS) is 11.5. The summed E-state index contributed by atoms with van der Waals surface area (Å²) >= 11 is 0. The molecular formula is C31H30. The summed E-state index contributed by atoms with van der Waals surface area (Å²) < 4.78 is 0. The lowest BCUT2D eigenvalue weighted by atomic mass is 9.77. The van der Waals surface area contributed by atoms with Gasteiger partial charge in [0.25, 0.3) is 0 Å². The fourth-order valence-electron chi connectivity index (χ4n) is 4.56. The molecule has 31 heavy (non-hydrogen) atoms. The smallest absolute Gasteiger partial charge is 0.0120 e. The van der Waals surface area contributed by atoms with Crippen molar-refractivity contribution in [2.24, 2.45) is 0 Å². The van der Waals surface area contributed by atoms with Crippen LogP contribution in [0.4, 0.5) is 0 Å². The Morgan fingerprint density at radius 2 is 0.871 bits per heavy atom. The van der Waals surface area contributed by atoms with E-state index in [0.29, 0.717) is 0 Å². The summed E-state index contributed by atoms with van der Waals surface area (Å²) in [4.78, 5) is 0. The van der Waals surface area contributed by atoms with Crippen LogP contribution in [0.1, 0.15) is 33.8 Å². The molecule has 0 heterocycles. The SMILES string of the molecule is C.CC(C)(C)c1c(-c2ccc3ccccc3c2)cccc1-c1ccc2ccccc2c1. The fourth-order valence-corrected chi connectivity index (χ4v) is 4.56. The lowest BCUT2D eigenvalue weighted by Gasteiger charge is -2.27. The standard InChI is InChI=1S/C30H26.CH4/c1-30(2,3)29-27(25-17-15-21-9-4-6-11-23(21)19-25)13-8-14-28(29)26-18-16-22-10-5-7-12-24(22)20-26;/h4-20H,1-3H3;1H4. The van der Waals surface area contributed by atoms with Gasteiger partial charge in [0, 0.05) is 0 Å². The molecule has 0 aliphatic rings. The van der Waals surface area contributed by atoms with Gasteiger partial charge in [0.15, 0.2) is 0 Å². The minimum atomic E-state index is 0. The largest absolute Gasteiger partial charge is 0.0776 e. The van der Waals surface area contributed by atoms with Crippen LogP contribution in [-0.2, 0) is 5.41 Å². The molecule has 0 N–H and O–H groups in total. The summed E-state index contributed by atoms with van der Waals surface area (Å²) in [5, 5.41) is 5.13. The minimum absolute atomic E-state index is 0. The molecule has 5 aromatic carbocycles. The van der Waals surface area contributed by atoms with Gasteiger partial charge in [0.1, 0.15) is 0 Å². The summed E-state index contributed by atoms with van der Waals surface area (Å²) in [6, 6.07) is 37.6. The average molecular weight is 403 g/mol. The van der Waals surface area contributed by atoms with Crippen molar-refractivity contribution in [1.29, 1.82) is 0 Å². The minimum Gasteiger partial charge on any atom is -0.0776 e. The van der Waals surface area contributed by atoms with Gasteiger partial charge in [0.05, 0.1) is 0 Å². The number of rotatable bonds is 2. The van der Waals surface area contributed by atoms with Crippen LogP contribution in [-0.4, -0.2) is 0 Å². The highest BCUT2D eigenvalue weighted by Gasteiger charge is 2.23. The van der Waals surface area contributed by atoms with Gasteiger partial charge in [-0.2, -0.15) is 0 Å². The molecule has 0 aromatic heterocycles. The van der Waals surface area contributed by atoms with E-state index in [-0.39, 0.29) is 12.8 Å². The van der Waals surface area contributed by atoms with Crippen molar-refractivity contribution >= 4 is 21.5 Å². The lowest BCUT2D eigenvalue weighted by molar-refractivity contribution is 0.594. The van der Waals surface area contributed by atoms with Crippen LogP contribution in [0.15, 0.2) is 103 Å². The monoisotopic (exact) mass is 402 g/mol. The summed E-state index contributed by atoms with van der Waals surface area (Å²) in [6.07, 6.45) is 0. The zero-order chi connectivity index (χ0) is 20.7. The molecule has 0 spiro atoms. The number of hydrogen-bond donors (Lipinski definition) is 0. The second-order valence-electron chi connectivity index (χ2n) is 9.10. The van der Waals surface area contributed by atoms with E-state index in [4.69, 9.17) is 0 Å². The van der Waals surface area contributed by atoms with E-state index in [9.17, 15) is 0 Å². The van der Waals surface area contributed by atoms with Crippen molar-refractivity contribution in [3.8, 4) is 22.3 Å². The summed E-state index contributed by atoms with van der Waals surface area (Å²) in [5.74, 6) is 0. The van der Waals surface area contributed by atoms with E-state index in [1.165, 1.54) is 49.4 Å². The molecule has 0 aliphatic carbocycles. The highest BCUT2D eigenvalue weighted by Crippen LogP contribution is 2.41. The Hall–Kier alpha value is -3.38. The van der Waals surface area contributed by atoms with Gasteiger partial charge in [-0.15, -0.1) is 0 Å². The molecule has 0 heteroatoms. The maximum Gasteiger partial charge on any atom is -0.0120 e. The summed E-state index contributed by atoms with van der Waals surface area (Å²) in [5.41, 5.74) is 6.61. The van der Waals surface area contributed by atoms with E-state index in [1.807, 2.05) is 0 Å². The third kappa shape index (κ3) is 3.86. The molecule has 154 valence electrons. The Balaban J connectivity index is 0.00000231. The summed E-state index contributed by atoms with van der Waals surface area (Å²) in [7, 11) is 0. The number of benzene rings is 5. The Morgan fingerprint density at radius 3 is 1.29 bits per heavy atom. The van der Waals surface area contributed by atoms with E-state index in [0.717, 1.165) is 0 Å². The first kappa shape index (κ1) is 20.9. The van der Waals surface area contributed by atoms with Gasteiger partial charge in [-0.3, -0.25) is 0 Å². The van der Waals surface area contributed by atoms with Gasteiger partial charge in [-0.1, -0.05) is 119 Å². The molecule has 0 unspecified atom stereocenters. The third-order valence-electron chi connectivity index (χ3n) is 5.94. The molecule has 0 radical (unpaired) electrons. The van der Waals surface area contributed by atoms with Crippen molar-refractivity contribution in [1.82, 2.24) is 0 Å². The molecule has 0 amide bonds. The topological polar surface area (TPSA) is 0 Å². The molecule has 0 saturated heterocycles. The van der Waals surface area contributed by atoms with Crippen LogP contribution in [0.3, 0.4) is 0 Å². The molecule has 0 bridgehead atoms. The van der Waals surface area contributed by atoms with Crippen LogP contribution >= 0.6 is 0 Å². The van der Waals surface area contributed by atoms with Crippen LogP contribution in [0, 0.1) is 0 Å². The van der Waals surface area contributed by atoms with Crippen LogP contribution in [0.5, 0.6) is 0 Å². The molecule has 5 aromatic rings. The van der Waals surface area contributed by atoms with Crippen molar-refractivity contribution in [2.45, 2.75) is 33.6 Å². The van der Waals surface area contributed by atoms with E-state index < -0.39 is 0 Å². The average Bonchev–Trinajstić information content (AvgIpc) is 2.77. The maximum absolute atomic E-state index is 2.32. The Morgan fingerprint density at radius 1 is 0.452 bits per heavy atom. The molecule has 0 atom stereocenters. The molecule has 0 saturated carbocycles. The van der Waals surface area contributed by atoms with Crippen LogP contribution in [0.2, 0.25) is 0 Å². The Labute approximate surface area is 186 Å².